The Kier molecular flexibility index (Phi) is 5.20. The van der Waals surface area contributed by atoms with Gasteiger partial charge < -0.3 is 0 Å². The second-order valence-electron chi connectivity index (χ2n) is 8.14. The summed E-state index contributed by atoms with van der Waals surface area (Å²) in [6.45, 7) is 9.30. The SMILES string of the molecule is CCC1=C(C)C(C)C(C=[SiH2])=C1C1=C(C)C=C2C1=CC=CCC2c1ccccc1. The summed E-state index contributed by atoms with van der Waals surface area (Å²) in [5.41, 5.74) is 15.7. The van der Waals surface area contributed by atoms with Crippen LogP contribution in [0.5, 0.6) is 0 Å². The molecule has 0 nitrogen and oxygen atoms in total. The molecule has 4 rings (SSSR count). The summed E-state index contributed by atoms with van der Waals surface area (Å²) in [6.07, 6.45) is 11.6. The Morgan fingerprint density at radius 2 is 1.86 bits per heavy atom. The molecule has 0 aromatic heterocycles. The molecular formula is C27H30Si. The van der Waals surface area contributed by atoms with Gasteiger partial charge in [0.15, 0.2) is 0 Å². The van der Waals surface area contributed by atoms with Crippen LogP contribution in [-0.4, -0.2) is 15.5 Å². The van der Waals surface area contributed by atoms with E-state index in [9.17, 15) is 0 Å². The van der Waals surface area contributed by atoms with Crippen molar-refractivity contribution in [2.45, 2.75) is 46.5 Å². The molecule has 2 atom stereocenters. The maximum Gasteiger partial charge on any atom is 0.0130 e. The predicted octanol–water partition coefficient (Wildman–Crippen LogP) is 6.02. The highest BCUT2D eigenvalue weighted by atomic mass is 28.1. The Morgan fingerprint density at radius 1 is 1.11 bits per heavy atom. The summed E-state index contributed by atoms with van der Waals surface area (Å²) in [7, 11) is 1.98. The number of fused-ring (bicyclic) bond motifs is 1. The monoisotopic (exact) mass is 382 g/mol. The first-order chi connectivity index (χ1) is 13.6. The summed E-state index contributed by atoms with van der Waals surface area (Å²) >= 11 is 0. The summed E-state index contributed by atoms with van der Waals surface area (Å²) in [5.74, 6) is 0.961. The van der Waals surface area contributed by atoms with Gasteiger partial charge in [-0.1, -0.05) is 79.7 Å². The van der Waals surface area contributed by atoms with Crippen LogP contribution in [0.4, 0.5) is 0 Å². The van der Waals surface area contributed by atoms with Gasteiger partial charge in [0.05, 0.1) is 0 Å². The van der Waals surface area contributed by atoms with E-state index in [1.807, 2.05) is 9.85 Å². The third kappa shape index (κ3) is 2.93. The average Bonchev–Trinajstić information content (AvgIpc) is 3.04. The van der Waals surface area contributed by atoms with Gasteiger partial charge in [0, 0.05) is 11.8 Å². The summed E-state index contributed by atoms with van der Waals surface area (Å²) < 4.78 is 0. The molecule has 0 heterocycles. The molecule has 0 N–H and O–H groups in total. The van der Waals surface area contributed by atoms with Crippen LogP contribution < -0.4 is 0 Å². The highest BCUT2D eigenvalue weighted by Crippen LogP contribution is 2.51. The molecule has 0 amide bonds. The molecule has 3 aliphatic rings. The Morgan fingerprint density at radius 3 is 2.54 bits per heavy atom. The predicted molar refractivity (Wildman–Crippen MR) is 126 cm³/mol. The van der Waals surface area contributed by atoms with E-state index in [0.717, 1.165) is 12.8 Å². The lowest BCUT2D eigenvalue weighted by atomic mass is 9.82. The van der Waals surface area contributed by atoms with Crippen LogP contribution in [0.1, 0.15) is 52.0 Å². The van der Waals surface area contributed by atoms with Crippen molar-refractivity contribution in [2.24, 2.45) is 5.92 Å². The van der Waals surface area contributed by atoms with Crippen molar-refractivity contribution in [1.29, 1.82) is 0 Å². The van der Waals surface area contributed by atoms with Gasteiger partial charge in [0.2, 0.25) is 0 Å². The molecule has 142 valence electrons. The Balaban J connectivity index is 1.85. The van der Waals surface area contributed by atoms with Gasteiger partial charge in [0.25, 0.3) is 0 Å². The van der Waals surface area contributed by atoms with E-state index < -0.39 is 0 Å². The van der Waals surface area contributed by atoms with Gasteiger partial charge in [-0.15, -0.1) is 0 Å². The lowest BCUT2D eigenvalue weighted by Crippen LogP contribution is -2.05. The van der Waals surface area contributed by atoms with Crippen molar-refractivity contribution < 1.29 is 0 Å². The van der Waals surface area contributed by atoms with Crippen molar-refractivity contribution in [3.63, 3.8) is 0 Å². The zero-order valence-electron chi connectivity index (χ0n) is 17.5. The number of benzene rings is 1. The molecule has 28 heavy (non-hydrogen) atoms. The first-order valence-corrected chi connectivity index (χ1v) is 11.3. The third-order valence-electron chi connectivity index (χ3n) is 6.70. The van der Waals surface area contributed by atoms with Gasteiger partial charge in [-0.3, -0.25) is 0 Å². The van der Waals surface area contributed by atoms with Crippen molar-refractivity contribution >= 4 is 15.5 Å². The number of hydrogen-bond acceptors (Lipinski definition) is 0. The number of allylic oxidation sites excluding steroid dienone is 12. The first kappa shape index (κ1) is 19.1. The molecule has 0 saturated heterocycles. The Hall–Kier alpha value is -2.25. The highest BCUT2D eigenvalue weighted by Gasteiger charge is 2.34. The Bertz CT molecular complexity index is 1010. The highest BCUT2D eigenvalue weighted by molar-refractivity contribution is 6.33. The minimum atomic E-state index is 0.434. The quantitative estimate of drug-likeness (QED) is 0.559. The van der Waals surface area contributed by atoms with E-state index in [-0.39, 0.29) is 0 Å². The lowest BCUT2D eigenvalue weighted by molar-refractivity contribution is 0.826. The standard InChI is InChI=1S/C27H30Si/c1-5-21-18(3)19(4)25(16-28)27(21)26-17(2)15-24-22(13-9-10-14-23(24)26)20-11-7-6-8-12-20/h6-12,14-16,19,22H,5,13,28H2,1-4H3. The van der Waals surface area contributed by atoms with Gasteiger partial charge in [-0.2, -0.15) is 0 Å². The van der Waals surface area contributed by atoms with E-state index in [4.69, 9.17) is 0 Å². The average molecular weight is 383 g/mol. The van der Waals surface area contributed by atoms with Crippen LogP contribution >= 0.6 is 0 Å². The fraction of sp³-hybridized carbons (Fsp3) is 0.296. The molecular weight excluding hydrogens is 352 g/mol. The van der Waals surface area contributed by atoms with Gasteiger partial charge in [-0.05, 0) is 81.1 Å². The van der Waals surface area contributed by atoms with Gasteiger partial charge in [0.1, 0.15) is 0 Å². The van der Waals surface area contributed by atoms with Crippen molar-refractivity contribution in [1.82, 2.24) is 0 Å². The van der Waals surface area contributed by atoms with E-state index in [1.54, 1.807) is 11.1 Å². The second-order valence-corrected chi connectivity index (χ2v) is 8.54. The topological polar surface area (TPSA) is 0 Å². The molecule has 2 unspecified atom stereocenters. The third-order valence-corrected chi connectivity index (χ3v) is 7.14. The zero-order chi connectivity index (χ0) is 19.8. The Labute approximate surface area is 172 Å². The zero-order valence-corrected chi connectivity index (χ0v) is 19.0. The molecule has 0 saturated carbocycles. The molecule has 3 aliphatic carbocycles. The maximum atomic E-state index is 2.46. The van der Waals surface area contributed by atoms with Crippen LogP contribution in [-0.2, 0) is 0 Å². The molecule has 0 bridgehead atoms. The number of hydrogen-bond donors (Lipinski definition) is 0. The molecule has 0 spiro atoms. The van der Waals surface area contributed by atoms with Crippen LogP contribution in [0, 0.1) is 5.92 Å². The largest absolute Gasteiger partial charge is 0.0840 e. The minimum absolute atomic E-state index is 0.434. The normalized spacial score (nSPS) is 24.4. The van der Waals surface area contributed by atoms with Crippen LogP contribution in [0.2, 0.25) is 0 Å². The first-order valence-electron chi connectivity index (χ1n) is 10.5. The van der Waals surface area contributed by atoms with Crippen LogP contribution in [0.15, 0.2) is 99.2 Å². The van der Waals surface area contributed by atoms with Crippen molar-refractivity contribution in [2.75, 3.05) is 0 Å². The maximum absolute atomic E-state index is 2.46. The smallest absolute Gasteiger partial charge is 0.0130 e. The molecule has 1 aromatic rings. The van der Waals surface area contributed by atoms with E-state index in [0.29, 0.717) is 11.8 Å². The number of rotatable bonds is 4. The van der Waals surface area contributed by atoms with E-state index >= 15 is 0 Å². The molecule has 1 aromatic carbocycles. The summed E-state index contributed by atoms with van der Waals surface area (Å²) in [6, 6.07) is 11.0. The second kappa shape index (κ2) is 7.64. The van der Waals surface area contributed by atoms with E-state index in [1.165, 1.54) is 39.0 Å². The summed E-state index contributed by atoms with van der Waals surface area (Å²) in [4.78, 5) is 0. The molecule has 1 heteroatoms. The molecule has 0 radical (unpaired) electrons. The lowest BCUT2D eigenvalue weighted by Gasteiger charge is -2.21. The summed E-state index contributed by atoms with van der Waals surface area (Å²) in [5, 5.41) is 0. The minimum Gasteiger partial charge on any atom is -0.0840 e. The van der Waals surface area contributed by atoms with E-state index in [2.05, 4.69) is 88.0 Å². The van der Waals surface area contributed by atoms with Gasteiger partial charge in [-0.25, -0.2) is 0 Å². The van der Waals surface area contributed by atoms with Crippen molar-refractivity contribution in [3.8, 4) is 0 Å². The fourth-order valence-electron chi connectivity index (χ4n) is 5.16. The molecule has 0 aliphatic heterocycles. The van der Waals surface area contributed by atoms with Crippen LogP contribution in [0.25, 0.3) is 0 Å². The molecule has 0 fully saturated rings. The van der Waals surface area contributed by atoms with Crippen LogP contribution in [0.3, 0.4) is 0 Å². The fourth-order valence-corrected chi connectivity index (χ4v) is 5.72. The van der Waals surface area contributed by atoms with Gasteiger partial charge >= 0.3 is 0 Å². The van der Waals surface area contributed by atoms with Crippen molar-refractivity contribution in [3.05, 3.63) is 105 Å².